The molecule has 1 fully saturated rings. The molecule has 4 heteroatoms. The van der Waals surface area contributed by atoms with Crippen LogP contribution in [-0.2, 0) is 12.8 Å². The van der Waals surface area contributed by atoms with E-state index in [1.807, 2.05) is 6.07 Å². The molecule has 30 heavy (non-hydrogen) atoms. The Kier molecular flexibility index (Phi) is 7.37. The maximum absolute atomic E-state index is 13.6. The van der Waals surface area contributed by atoms with Crippen LogP contribution in [0.5, 0.6) is 0 Å². The van der Waals surface area contributed by atoms with Crippen molar-refractivity contribution in [1.82, 2.24) is 9.88 Å². The lowest BCUT2D eigenvalue weighted by Crippen LogP contribution is -2.35. The molecule has 162 valence electrons. The quantitative estimate of drug-likeness (QED) is 0.596. The molecule has 1 unspecified atom stereocenters. The molecular weight excluding hydrogens is 373 g/mol. The van der Waals surface area contributed by atoms with Crippen LogP contribution in [0.15, 0.2) is 36.4 Å². The van der Waals surface area contributed by atoms with E-state index in [4.69, 9.17) is 4.98 Å². The number of rotatable bonds is 8. The number of aromatic nitrogens is 1. The minimum absolute atomic E-state index is 0.107. The predicted molar refractivity (Wildman–Crippen MR) is 123 cm³/mol. The van der Waals surface area contributed by atoms with Crippen LogP contribution in [0.25, 0.3) is 0 Å². The van der Waals surface area contributed by atoms with Gasteiger partial charge in [-0.2, -0.15) is 0 Å². The molecule has 1 atom stereocenters. The van der Waals surface area contributed by atoms with Crippen LogP contribution < -0.4 is 5.32 Å². The fourth-order valence-corrected chi connectivity index (χ4v) is 5.14. The number of hydrogen-bond donors (Lipinski definition) is 1. The fourth-order valence-electron chi connectivity index (χ4n) is 5.14. The first-order valence-electron chi connectivity index (χ1n) is 11.9. The Hall–Kier alpha value is -1.94. The summed E-state index contributed by atoms with van der Waals surface area (Å²) in [5.74, 6) is 2.26. The Morgan fingerprint density at radius 2 is 2.07 bits per heavy atom. The van der Waals surface area contributed by atoms with Gasteiger partial charge in [0.1, 0.15) is 11.6 Å². The molecule has 0 saturated carbocycles. The van der Waals surface area contributed by atoms with Crippen molar-refractivity contribution in [2.45, 2.75) is 64.2 Å². The highest BCUT2D eigenvalue weighted by Crippen LogP contribution is 2.32. The average Bonchev–Trinajstić information content (AvgIpc) is 2.78. The fraction of sp³-hybridized carbons (Fsp3) is 0.577. The van der Waals surface area contributed by atoms with Crippen LogP contribution in [0.2, 0.25) is 0 Å². The van der Waals surface area contributed by atoms with Crippen LogP contribution >= 0.6 is 0 Å². The van der Waals surface area contributed by atoms with Crippen LogP contribution in [0.3, 0.4) is 0 Å². The SMILES string of the molecule is CCC(CC1CCN(CCCc2ccc3c(n2)NCCC3)CC1)c1cccc(F)c1. The Balaban J connectivity index is 1.19. The first-order valence-corrected chi connectivity index (χ1v) is 11.9. The summed E-state index contributed by atoms with van der Waals surface area (Å²) in [4.78, 5) is 7.45. The zero-order chi connectivity index (χ0) is 20.8. The summed E-state index contributed by atoms with van der Waals surface area (Å²) in [6, 6.07) is 11.7. The summed E-state index contributed by atoms with van der Waals surface area (Å²) in [6.45, 7) is 6.85. The third-order valence-corrected chi connectivity index (χ3v) is 7.00. The first kappa shape index (κ1) is 21.3. The molecule has 0 spiro atoms. The number of benzene rings is 1. The van der Waals surface area contributed by atoms with Gasteiger partial charge in [-0.1, -0.05) is 25.1 Å². The van der Waals surface area contributed by atoms with Gasteiger partial charge in [0.25, 0.3) is 0 Å². The molecule has 0 aliphatic carbocycles. The van der Waals surface area contributed by atoms with Gasteiger partial charge in [0.15, 0.2) is 0 Å². The van der Waals surface area contributed by atoms with Crippen molar-refractivity contribution >= 4 is 5.82 Å². The van der Waals surface area contributed by atoms with E-state index in [0.717, 1.165) is 37.5 Å². The number of likely N-dealkylation sites (tertiary alicyclic amines) is 1. The standard InChI is InChI=1S/C26H36FN3/c1-2-21(23-6-3-8-24(27)19-23)18-20-12-16-30(17-13-20)15-5-9-25-11-10-22-7-4-14-28-26(22)29-25/h3,6,8,10-11,19-21H,2,4-5,7,9,12-18H2,1H3,(H,28,29). The molecule has 4 rings (SSSR count). The summed E-state index contributed by atoms with van der Waals surface area (Å²) in [5, 5.41) is 3.44. The van der Waals surface area contributed by atoms with Crippen LogP contribution in [0.4, 0.5) is 10.2 Å². The monoisotopic (exact) mass is 409 g/mol. The lowest BCUT2D eigenvalue weighted by Gasteiger charge is -2.33. The van der Waals surface area contributed by atoms with E-state index in [9.17, 15) is 4.39 Å². The highest BCUT2D eigenvalue weighted by Gasteiger charge is 2.22. The van der Waals surface area contributed by atoms with Crippen molar-refractivity contribution in [1.29, 1.82) is 0 Å². The van der Waals surface area contributed by atoms with Gasteiger partial charge in [0.2, 0.25) is 0 Å². The van der Waals surface area contributed by atoms with Gasteiger partial charge in [-0.3, -0.25) is 0 Å². The highest BCUT2D eigenvalue weighted by atomic mass is 19.1. The number of halogens is 1. The topological polar surface area (TPSA) is 28.2 Å². The number of nitrogens with one attached hydrogen (secondary N) is 1. The van der Waals surface area contributed by atoms with Crippen LogP contribution in [0, 0.1) is 11.7 Å². The van der Waals surface area contributed by atoms with Crippen LogP contribution in [0.1, 0.15) is 68.2 Å². The Bertz CT molecular complexity index is 814. The molecule has 2 aliphatic heterocycles. The summed E-state index contributed by atoms with van der Waals surface area (Å²) in [5.41, 5.74) is 3.77. The van der Waals surface area contributed by atoms with Gasteiger partial charge in [-0.15, -0.1) is 0 Å². The molecule has 2 aliphatic rings. The molecule has 3 heterocycles. The number of hydrogen-bond acceptors (Lipinski definition) is 3. The number of aryl methyl sites for hydroxylation is 2. The van der Waals surface area contributed by atoms with E-state index < -0.39 is 0 Å². The van der Waals surface area contributed by atoms with Gasteiger partial charge in [-0.05, 0) is 112 Å². The van der Waals surface area contributed by atoms with Crippen molar-refractivity contribution in [3.63, 3.8) is 0 Å². The van der Waals surface area contributed by atoms with Crippen molar-refractivity contribution in [2.75, 3.05) is 31.5 Å². The summed E-state index contributed by atoms with van der Waals surface area (Å²) in [7, 11) is 0. The summed E-state index contributed by atoms with van der Waals surface area (Å²) >= 11 is 0. The van der Waals surface area contributed by atoms with E-state index in [1.165, 1.54) is 68.6 Å². The average molecular weight is 410 g/mol. The first-order chi connectivity index (χ1) is 14.7. The molecule has 1 aromatic heterocycles. The number of piperidine rings is 1. The Morgan fingerprint density at radius 3 is 2.87 bits per heavy atom. The Labute approximate surface area is 181 Å². The zero-order valence-electron chi connectivity index (χ0n) is 18.4. The van der Waals surface area contributed by atoms with Crippen molar-refractivity contribution < 1.29 is 4.39 Å². The lowest BCUT2D eigenvalue weighted by atomic mass is 9.82. The largest absolute Gasteiger partial charge is 0.370 e. The van der Waals surface area contributed by atoms with E-state index in [2.05, 4.69) is 35.3 Å². The van der Waals surface area contributed by atoms with Gasteiger partial charge >= 0.3 is 0 Å². The molecule has 3 nitrogen and oxygen atoms in total. The second-order valence-corrected chi connectivity index (χ2v) is 9.13. The number of pyridine rings is 1. The molecule has 1 saturated heterocycles. The molecule has 2 aromatic rings. The Morgan fingerprint density at radius 1 is 1.20 bits per heavy atom. The van der Waals surface area contributed by atoms with Gasteiger partial charge in [-0.25, -0.2) is 9.37 Å². The lowest BCUT2D eigenvalue weighted by molar-refractivity contribution is 0.172. The van der Waals surface area contributed by atoms with Gasteiger partial charge in [0.05, 0.1) is 0 Å². The maximum atomic E-state index is 13.6. The molecular formula is C26H36FN3. The molecule has 0 radical (unpaired) electrons. The van der Waals surface area contributed by atoms with E-state index in [-0.39, 0.29) is 5.82 Å². The number of anilines is 1. The summed E-state index contributed by atoms with van der Waals surface area (Å²) < 4.78 is 13.6. The number of fused-ring (bicyclic) bond motifs is 1. The van der Waals surface area contributed by atoms with Crippen LogP contribution in [-0.4, -0.2) is 36.1 Å². The minimum atomic E-state index is -0.107. The maximum Gasteiger partial charge on any atom is 0.129 e. The second-order valence-electron chi connectivity index (χ2n) is 9.13. The third kappa shape index (κ3) is 5.60. The normalized spacial score (nSPS) is 18.6. The smallest absolute Gasteiger partial charge is 0.129 e. The molecule has 1 N–H and O–H groups in total. The van der Waals surface area contributed by atoms with E-state index >= 15 is 0 Å². The predicted octanol–water partition coefficient (Wildman–Crippen LogP) is 5.81. The van der Waals surface area contributed by atoms with Crippen molar-refractivity contribution in [2.24, 2.45) is 5.92 Å². The molecule has 1 aromatic carbocycles. The molecule has 0 bridgehead atoms. The van der Waals surface area contributed by atoms with E-state index in [0.29, 0.717) is 5.92 Å². The third-order valence-electron chi connectivity index (χ3n) is 7.00. The summed E-state index contributed by atoms with van der Waals surface area (Å²) in [6.07, 6.45) is 9.43. The highest BCUT2D eigenvalue weighted by molar-refractivity contribution is 5.47. The minimum Gasteiger partial charge on any atom is -0.370 e. The molecule has 0 amide bonds. The van der Waals surface area contributed by atoms with E-state index in [1.54, 1.807) is 12.1 Å². The van der Waals surface area contributed by atoms with Gasteiger partial charge in [0, 0.05) is 12.2 Å². The van der Waals surface area contributed by atoms with Gasteiger partial charge < -0.3 is 10.2 Å². The second kappa shape index (κ2) is 10.4. The number of nitrogens with zero attached hydrogens (tertiary/aromatic N) is 2. The van der Waals surface area contributed by atoms with Crippen molar-refractivity contribution in [3.05, 3.63) is 59.0 Å². The van der Waals surface area contributed by atoms with Crippen molar-refractivity contribution in [3.8, 4) is 0 Å². The zero-order valence-corrected chi connectivity index (χ0v) is 18.4.